The zero-order chi connectivity index (χ0) is 17.5. The summed E-state index contributed by atoms with van der Waals surface area (Å²) in [5, 5.41) is 19.8. The lowest BCUT2D eigenvalue weighted by Crippen LogP contribution is -2.21. The monoisotopic (exact) mass is 350 g/mol. The summed E-state index contributed by atoms with van der Waals surface area (Å²) in [6.45, 7) is 1.51. The number of halogens is 1. The van der Waals surface area contributed by atoms with Gasteiger partial charge in [0.25, 0.3) is 0 Å². The lowest BCUT2D eigenvalue weighted by molar-refractivity contribution is -0.109. The second kappa shape index (κ2) is 8.82. The molecule has 2 unspecified atom stereocenters. The van der Waals surface area contributed by atoms with E-state index in [1.807, 2.05) is 0 Å². The normalized spacial score (nSPS) is 13.3. The molecule has 0 amide bonds. The molecule has 0 aliphatic carbocycles. The molecule has 0 radical (unpaired) electrons. The van der Waals surface area contributed by atoms with Gasteiger partial charge in [-0.15, -0.1) is 0 Å². The van der Waals surface area contributed by atoms with Crippen molar-refractivity contribution in [3.63, 3.8) is 0 Å². The Balaban J connectivity index is 1.92. The highest BCUT2D eigenvalue weighted by atomic mass is 32.2. The summed E-state index contributed by atoms with van der Waals surface area (Å²) >= 11 is 0.963. The van der Waals surface area contributed by atoms with Gasteiger partial charge in [0, 0.05) is 18.2 Å². The topological polar surface area (TPSA) is 66.8 Å². The number of aliphatic hydroxyl groups is 2. The fourth-order valence-corrected chi connectivity index (χ4v) is 2.64. The zero-order valence-corrected chi connectivity index (χ0v) is 14.0. The standard InChI is InChI=1S/C18H19FO4S/c1-12(20)24-11-17(21)18(22)13-6-8-15(9-7-13)23-10-14-4-2-3-5-16(14)19/h2-9,17-18,21-22H,10-11H2,1H3. The Labute approximate surface area is 144 Å². The maximum Gasteiger partial charge on any atom is 0.185 e. The number of benzene rings is 2. The molecule has 2 aromatic carbocycles. The summed E-state index contributed by atoms with van der Waals surface area (Å²) in [6, 6.07) is 12.9. The van der Waals surface area contributed by atoms with E-state index in [-0.39, 0.29) is 23.3 Å². The summed E-state index contributed by atoms with van der Waals surface area (Å²) in [4.78, 5) is 10.9. The highest BCUT2D eigenvalue weighted by Gasteiger charge is 2.19. The van der Waals surface area contributed by atoms with Crippen molar-refractivity contribution in [2.24, 2.45) is 0 Å². The van der Waals surface area contributed by atoms with Gasteiger partial charge in [-0.2, -0.15) is 0 Å². The molecule has 0 saturated heterocycles. The van der Waals surface area contributed by atoms with Crippen molar-refractivity contribution in [2.75, 3.05) is 5.75 Å². The first-order chi connectivity index (χ1) is 11.5. The molecule has 6 heteroatoms. The first kappa shape index (κ1) is 18.4. The fourth-order valence-electron chi connectivity index (χ4n) is 2.05. The number of hydrogen-bond acceptors (Lipinski definition) is 5. The summed E-state index contributed by atoms with van der Waals surface area (Å²) < 4.78 is 19.0. The number of thioether (sulfide) groups is 1. The van der Waals surface area contributed by atoms with Gasteiger partial charge >= 0.3 is 0 Å². The first-order valence-corrected chi connectivity index (χ1v) is 8.41. The van der Waals surface area contributed by atoms with Crippen molar-refractivity contribution in [3.8, 4) is 5.75 Å². The number of rotatable bonds is 7. The van der Waals surface area contributed by atoms with Gasteiger partial charge in [-0.3, -0.25) is 4.79 Å². The van der Waals surface area contributed by atoms with Gasteiger partial charge in [-0.25, -0.2) is 4.39 Å². The zero-order valence-electron chi connectivity index (χ0n) is 13.2. The highest BCUT2D eigenvalue weighted by molar-refractivity contribution is 8.13. The van der Waals surface area contributed by atoms with Crippen LogP contribution >= 0.6 is 11.8 Å². The van der Waals surface area contributed by atoms with Crippen molar-refractivity contribution in [1.29, 1.82) is 0 Å². The predicted molar refractivity (Wildman–Crippen MR) is 91.3 cm³/mol. The summed E-state index contributed by atoms with van der Waals surface area (Å²) in [7, 11) is 0. The van der Waals surface area contributed by atoms with Crippen LogP contribution in [0.25, 0.3) is 0 Å². The minimum Gasteiger partial charge on any atom is -0.489 e. The van der Waals surface area contributed by atoms with Gasteiger partial charge in [-0.1, -0.05) is 42.1 Å². The van der Waals surface area contributed by atoms with Crippen molar-refractivity contribution in [3.05, 3.63) is 65.5 Å². The molecule has 0 spiro atoms. The van der Waals surface area contributed by atoms with Gasteiger partial charge in [0.05, 0.1) is 6.10 Å². The molecule has 0 fully saturated rings. The molecule has 0 heterocycles. The molecule has 0 saturated carbocycles. The van der Waals surface area contributed by atoms with Gasteiger partial charge in [-0.05, 0) is 23.8 Å². The van der Waals surface area contributed by atoms with Crippen LogP contribution in [0.2, 0.25) is 0 Å². The number of aliphatic hydroxyl groups excluding tert-OH is 2. The minimum atomic E-state index is -1.09. The summed E-state index contributed by atoms with van der Waals surface area (Å²) in [5.41, 5.74) is 0.975. The van der Waals surface area contributed by atoms with Crippen LogP contribution < -0.4 is 4.74 Å². The van der Waals surface area contributed by atoms with Crippen LogP contribution in [-0.2, 0) is 11.4 Å². The predicted octanol–water partition coefficient (Wildman–Crippen LogP) is 3.08. The van der Waals surface area contributed by atoms with Crippen molar-refractivity contribution in [1.82, 2.24) is 0 Å². The first-order valence-electron chi connectivity index (χ1n) is 7.43. The van der Waals surface area contributed by atoms with E-state index in [2.05, 4.69) is 0 Å². The number of carbonyl (C=O) groups is 1. The Hall–Kier alpha value is -1.89. The second-order valence-electron chi connectivity index (χ2n) is 5.26. The van der Waals surface area contributed by atoms with Crippen LogP contribution in [0.3, 0.4) is 0 Å². The van der Waals surface area contributed by atoms with Gasteiger partial charge in [0.2, 0.25) is 0 Å². The Kier molecular flexibility index (Phi) is 6.78. The van der Waals surface area contributed by atoms with Crippen LogP contribution in [0.15, 0.2) is 48.5 Å². The molecule has 0 aromatic heterocycles. The lowest BCUT2D eigenvalue weighted by atomic mass is 10.1. The van der Waals surface area contributed by atoms with E-state index < -0.39 is 12.2 Å². The molecular weight excluding hydrogens is 331 g/mol. The third-order valence-electron chi connectivity index (χ3n) is 3.40. The third kappa shape index (κ3) is 5.33. The quantitative estimate of drug-likeness (QED) is 0.803. The molecule has 2 atom stereocenters. The maximum absolute atomic E-state index is 13.5. The van der Waals surface area contributed by atoms with Crippen molar-refractivity contribution >= 4 is 16.9 Å². The Morgan fingerprint density at radius 2 is 1.83 bits per heavy atom. The van der Waals surface area contributed by atoms with Crippen LogP contribution in [0.4, 0.5) is 4.39 Å². The van der Waals surface area contributed by atoms with Crippen LogP contribution in [-0.4, -0.2) is 27.2 Å². The van der Waals surface area contributed by atoms with E-state index >= 15 is 0 Å². The third-order valence-corrected chi connectivity index (χ3v) is 4.31. The molecule has 2 aromatic rings. The smallest absolute Gasteiger partial charge is 0.185 e. The largest absolute Gasteiger partial charge is 0.489 e. The average molecular weight is 350 g/mol. The van der Waals surface area contributed by atoms with E-state index in [0.717, 1.165) is 11.8 Å². The number of hydrogen-bond donors (Lipinski definition) is 2. The number of ether oxygens (including phenoxy) is 1. The van der Waals surface area contributed by atoms with Gasteiger partial charge < -0.3 is 14.9 Å². The van der Waals surface area contributed by atoms with E-state index in [1.54, 1.807) is 42.5 Å². The molecule has 128 valence electrons. The molecule has 0 aliphatic rings. The molecule has 24 heavy (non-hydrogen) atoms. The van der Waals surface area contributed by atoms with Gasteiger partial charge in [0.1, 0.15) is 24.3 Å². The highest BCUT2D eigenvalue weighted by Crippen LogP contribution is 2.23. The second-order valence-corrected chi connectivity index (χ2v) is 6.46. The molecule has 0 aliphatic heterocycles. The number of carbonyl (C=O) groups excluding carboxylic acids is 1. The average Bonchev–Trinajstić information content (AvgIpc) is 2.58. The van der Waals surface area contributed by atoms with E-state index in [1.165, 1.54) is 13.0 Å². The maximum atomic E-state index is 13.5. The Bertz CT molecular complexity index is 675. The molecular formula is C18H19FO4S. The Morgan fingerprint density at radius 1 is 1.17 bits per heavy atom. The van der Waals surface area contributed by atoms with E-state index in [4.69, 9.17) is 4.74 Å². The summed E-state index contributed by atoms with van der Waals surface area (Å²) in [6.07, 6.45) is -2.12. The fraction of sp³-hybridized carbons (Fsp3) is 0.278. The van der Waals surface area contributed by atoms with Crippen molar-refractivity contribution < 1.29 is 24.1 Å². The van der Waals surface area contributed by atoms with Crippen LogP contribution in [0, 0.1) is 5.82 Å². The van der Waals surface area contributed by atoms with E-state index in [9.17, 15) is 19.4 Å². The molecule has 2 rings (SSSR count). The van der Waals surface area contributed by atoms with Gasteiger partial charge in [0.15, 0.2) is 5.12 Å². The van der Waals surface area contributed by atoms with Crippen LogP contribution in [0.1, 0.15) is 24.2 Å². The Morgan fingerprint density at radius 3 is 2.46 bits per heavy atom. The minimum absolute atomic E-state index is 0.104. The van der Waals surface area contributed by atoms with Crippen molar-refractivity contribution in [2.45, 2.75) is 25.7 Å². The lowest BCUT2D eigenvalue weighted by Gasteiger charge is -2.17. The SMILES string of the molecule is CC(=O)SCC(O)C(O)c1ccc(OCc2ccccc2F)cc1. The molecule has 0 bridgehead atoms. The molecule has 4 nitrogen and oxygen atoms in total. The summed E-state index contributed by atoms with van der Waals surface area (Å²) in [5.74, 6) is 0.333. The van der Waals surface area contributed by atoms with E-state index in [0.29, 0.717) is 16.9 Å². The van der Waals surface area contributed by atoms with Crippen LogP contribution in [0.5, 0.6) is 5.75 Å². The molecule has 2 N–H and O–H groups in total.